The largest absolute Gasteiger partial charge is 0.444 e. The molecule has 0 aliphatic carbocycles. The predicted octanol–water partition coefficient (Wildman–Crippen LogP) is 2.15. The van der Waals surface area contributed by atoms with E-state index in [1.807, 2.05) is 27.7 Å². The number of allylic oxidation sites excluding steroid dienone is 1. The van der Waals surface area contributed by atoms with E-state index < -0.39 is 11.7 Å². The number of ether oxygens (including phenoxy) is 1. The molecule has 0 radical (unpaired) electrons. The van der Waals surface area contributed by atoms with Crippen molar-refractivity contribution >= 4 is 6.09 Å². The molecule has 4 nitrogen and oxygen atoms in total. The SMILES string of the molecule is C=C(C)NC(=C)CNC(=O)OC(C)(C)C. The van der Waals surface area contributed by atoms with E-state index >= 15 is 0 Å². The number of hydrogen-bond acceptors (Lipinski definition) is 3. The monoisotopic (exact) mass is 212 g/mol. The summed E-state index contributed by atoms with van der Waals surface area (Å²) in [4.78, 5) is 11.2. The molecular formula is C11H20N2O2. The van der Waals surface area contributed by atoms with E-state index in [1.54, 1.807) is 0 Å². The summed E-state index contributed by atoms with van der Waals surface area (Å²) in [5.41, 5.74) is 0.979. The summed E-state index contributed by atoms with van der Waals surface area (Å²) in [5.74, 6) is 0. The van der Waals surface area contributed by atoms with Gasteiger partial charge in [-0.25, -0.2) is 4.79 Å². The maximum Gasteiger partial charge on any atom is 0.407 e. The van der Waals surface area contributed by atoms with Gasteiger partial charge in [0, 0.05) is 11.4 Å². The summed E-state index contributed by atoms with van der Waals surface area (Å²) in [7, 11) is 0. The fourth-order valence-electron chi connectivity index (χ4n) is 0.839. The summed E-state index contributed by atoms with van der Waals surface area (Å²) in [6.45, 7) is 15.0. The Balaban J connectivity index is 3.82. The van der Waals surface area contributed by atoms with Crippen LogP contribution in [0.3, 0.4) is 0 Å². The van der Waals surface area contributed by atoms with E-state index in [9.17, 15) is 4.79 Å². The lowest BCUT2D eigenvalue weighted by Crippen LogP contribution is -2.35. The van der Waals surface area contributed by atoms with E-state index in [-0.39, 0.29) is 0 Å². The van der Waals surface area contributed by atoms with Crippen LogP contribution in [0.2, 0.25) is 0 Å². The number of nitrogens with one attached hydrogen (secondary N) is 2. The van der Waals surface area contributed by atoms with Gasteiger partial charge in [-0.3, -0.25) is 0 Å². The molecule has 0 atom stereocenters. The maximum absolute atomic E-state index is 11.2. The molecule has 2 N–H and O–H groups in total. The van der Waals surface area contributed by atoms with Crippen molar-refractivity contribution in [1.29, 1.82) is 0 Å². The summed E-state index contributed by atoms with van der Waals surface area (Å²) < 4.78 is 5.05. The second-order valence-corrected chi connectivity index (χ2v) is 4.36. The van der Waals surface area contributed by atoms with Crippen LogP contribution in [0.25, 0.3) is 0 Å². The second kappa shape index (κ2) is 5.44. The van der Waals surface area contributed by atoms with Gasteiger partial charge in [0.25, 0.3) is 0 Å². The summed E-state index contributed by atoms with van der Waals surface area (Å²) in [6, 6.07) is 0. The summed E-state index contributed by atoms with van der Waals surface area (Å²) >= 11 is 0. The first-order valence-electron chi connectivity index (χ1n) is 4.78. The third-order valence-electron chi connectivity index (χ3n) is 1.24. The normalized spacial score (nSPS) is 10.4. The number of alkyl carbamates (subject to hydrolysis) is 1. The molecule has 0 fully saturated rings. The molecule has 0 aromatic rings. The predicted molar refractivity (Wildman–Crippen MR) is 61.3 cm³/mol. The average molecular weight is 212 g/mol. The molecule has 0 heterocycles. The van der Waals surface area contributed by atoms with Crippen molar-refractivity contribution in [3.8, 4) is 0 Å². The molecule has 0 aliphatic heterocycles. The molecule has 0 aliphatic rings. The van der Waals surface area contributed by atoms with E-state index in [1.165, 1.54) is 0 Å². The lowest BCUT2D eigenvalue weighted by atomic mass is 10.2. The topological polar surface area (TPSA) is 50.4 Å². The number of hydrogen-bond donors (Lipinski definition) is 2. The molecule has 0 bridgehead atoms. The number of amides is 1. The Labute approximate surface area is 91.4 Å². The van der Waals surface area contributed by atoms with Gasteiger partial charge in [-0.2, -0.15) is 0 Å². The van der Waals surface area contributed by atoms with Gasteiger partial charge in [0.1, 0.15) is 5.60 Å². The lowest BCUT2D eigenvalue weighted by Gasteiger charge is -2.20. The lowest BCUT2D eigenvalue weighted by molar-refractivity contribution is 0.0532. The fraction of sp³-hybridized carbons (Fsp3) is 0.545. The van der Waals surface area contributed by atoms with E-state index in [0.717, 1.165) is 5.70 Å². The Morgan fingerprint density at radius 3 is 2.27 bits per heavy atom. The van der Waals surface area contributed by atoms with Gasteiger partial charge in [0.15, 0.2) is 0 Å². The van der Waals surface area contributed by atoms with Crippen LogP contribution in [0.15, 0.2) is 24.6 Å². The highest BCUT2D eigenvalue weighted by Crippen LogP contribution is 2.06. The van der Waals surface area contributed by atoms with Crippen molar-refractivity contribution in [2.24, 2.45) is 0 Å². The molecule has 0 unspecified atom stereocenters. The average Bonchev–Trinajstić information content (AvgIpc) is 1.96. The van der Waals surface area contributed by atoms with Crippen molar-refractivity contribution in [1.82, 2.24) is 10.6 Å². The highest BCUT2D eigenvalue weighted by atomic mass is 16.6. The molecule has 0 aromatic carbocycles. The molecule has 0 spiro atoms. The van der Waals surface area contributed by atoms with E-state index in [0.29, 0.717) is 12.2 Å². The first-order chi connectivity index (χ1) is 6.70. The van der Waals surface area contributed by atoms with Crippen molar-refractivity contribution in [2.75, 3.05) is 6.54 Å². The number of carbonyl (C=O) groups is 1. The van der Waals surface area contributed by atoms with Crippen LogP contribution in [-0.2, 0) is 4.74 Å². The molecule has 0 saturated carbocycles. The van der Waals surface area contributed by atoms with Crippen LogP contribution in [0, 0.1) is 0 Å². The summed E-state index contributed by atoms with van der Waals surface area (Å²) in [6.07, 6.45) is -0.452. The van der Waals surface area contributed by atoms with Crippen LogP contribution in [0.4, 0.5) is 4.79 Å². The first kappa shape index (κ1) is 13.5. The molecule has 1 amide bonds. The van der Waals surface area contributed by atoms with Crippen molar-refractivity contribution in [3.63, 3.8) is 0 Å². The van der Waals surface area contributed by atoms with Crippen LogP contribution in [0.5, 0.6) is 0 Å². The molecule has 15 heavy (non-hydrogen) atoms. The smallest absolute Gasteiger partial charge is 0.407 e. The van der Waals surface area contributed by atoms with Crippen LogP contribution >= 0.6 is 0 Å². The molecule has 0 rings (SSSR count). The first-order valence-corrected chi connectivity index (χ1v) is 4.78. The minimum Gasteiger partial charge on any atom is -0.444 e. The fourth-order valence-corrected chi connectivity index (χ4v) is 0.839. The van der Waals surface area contributed by atoms with Crippen LogP contribution in [0.1, 0.15) is 27.7 Å². The van der Waals surface area contributed by atoms with Gasteiger partial charge in [-0.1, -0.05) is 13.2 Å². The second-order valence-electron chi connectivity index (χ2n) is 4.36. The number of rotatable bonds is 4. The Morgan fingerprint density at radius 2 is 1.87 bits per heavy atom. The number of carbonyl (C=O) groups excluding carboxylic acids is 1. The molecule has 86 valence electrons. The molecule has 4 heteroatoms. The third-order valence-corrected chi connectivity index (χ3v) is 1.24. The zero-order valence-corrected chi connectivity index (χ0v) is 9.94. The summed E-state index contributed by atoms with van der Waals surface area (Å²) in [5, 5.41) is 5.48. The van der Waals surface area contributed by atoms with E-state index in [2.05, 4.69) is 23.8 Å². The van der Waals surface area contributed by atoms with Crippen LogP contribution < -0.4 is 10.6 Å². The van der Waals surface area contributed by atoms with Gasteiger partial charge >= 0.3 is 6.09 Å². The van der Waals surface area contributed by atoms with Gasteiger partial charge in [0.05, 0.1) is 6.54 Å². The molecular weight excluding hydrogens is 192 g/mol. The Morgan fingerprint density at radius 1 is 1.33 bits per heavy atom. The van der Waals surface area contributed by atoms with E-state index in [4.69, 9.17) is 4.74 Å². The van der Waals surface area contributed by atoms with Crippen molar-refractivity contribution < 1.29 is 9.53 Å². The van der Waals surface area contributed by atoms with Crippen molar-refractivity contribution in [3.05, 3.63) is 24.6 Å². The minimum absolute atomic E-state index is 0.321. The van der Waals surface area contributed by atoms with Gasteiger partial charge in [-0.05, 0) is 27.7 Å². The van der Waals surface area contributed by atoms with Gasteiger partial charge in [-0.15, -0.1) is 0 Å². The Bertz CT molecular complexity index is 264. The zero-order chi connectivity index (χ0) is 12.1. The standard InChI is InChI=1S/C11H20N2O2/c1-8(2)13-9(3)7-12-10(14)15-11(4,5)6/h13H,1,3,7H2,2,4-6H3,(H,12,14). The quantitative estimate of drug-likeness (QED) is 0.750. The molecule has 0 saturated heterocycles. The third kappa shape index (κ3) is 8.87. The maximum atomic E-state index is 11.2. The Hall–Kier alpha value is -1.45. The van der Waals surface area contributed by atoms with Crippen molar-refractivity contribution in [2.45, 2.75) is 33.3 Å². The minimum atomic E-state index is -0.479. The van der Waals surface area contributed by atoms with Gasteiger partial charge < -0.3 is 15.4 Å². The molecule has 0 aromatic heterocycles. The Kier molecular flexibility index (Phi) is 4.91. The zero-order valence-electron chi connectivity index (χ0n) is 9.94. The highest BCUT2D eigenvalue weighted by Gasteiger charge is 2.15. The van der Waals surface area contributed by atoms with Gasteiger partial charge in [0.2, 0.25) is 0 Å². The highest BCUT2D eigenvalue weighted by molar-refractivity contribution is 5.67. The van der Waals surface area contributed by atoms with Crippen LogP contribution in [-0.4, -0.2) is 18.2 Å².